The molecule has 2 heterocycles. The molecule has 1 atom stereocenters. The van der Waals surface area contributed by atoms with Crippen LogP contribution in [0.15, 0.2) is 6.20 Å². The van der Waals surface area contributed by atoms with Gasteiger partial charge in [-0.05, 0) is 13.5 Å². The predicted octanol–water partition coefficient (Wildman–Crippen LogP) is 0.577. The van der Waals surface area contributed by atoms with Crippen molar-refractivity contribution in [3.05, 3.63) is 11.1 Å². The second-order valence-electron chi connectivity index (χ2n) is 4.05. The molecule has 0 radical (unpaired) electrons. The van der Waals surface area contributed by atoms with E-state index < -0.39 is 0 Å². The Hall–Kier alpha value is -1.14. The van der Waals surface area contributed by atoms with E-state index in [9.17, 15) is 4.79 Å². The first-order valence-electron chi connectivity index (χ1n) is 5.92. The molecule has 6 heteroatoms. The van der Waals surface area contributed by atoms with Crippen LogP contribution in [0.25, 0.3) is 0 Å². The number of hydrogen-bond acceptors (Lipinski definition) is 5. The third kappa shape index (κ3) is 2.76. The van der Waals surface area contributed by atoms with Crippen molar-refractivity contribution in [3.63, 3.8) is 0 Å². The highest BCUT2D eigenvalue weighted by molar-refractivity contribution is 7.15. The molecule has 0 saturated carbocycles. The van der Waals surface area contributed by atoms with Gasteiger partial charge in [-0.25, -0.2) is 4.98 Å². The molecule has 1 saturated heterocycles. The van der Waals surface area contributed by atoms with Crippen molar-refractivity contribution in [2.45, 2.75) is 26.4 Å². The minimum Gasteiger partial charge on any atom is -0.353 e. The SMILES string of the molecule is CCNCc1cnc(N2CCNC(=O)C2C)s1. The van der Waals surface area contributed by atoms with Gasteiger partial charge in [0.15, 0.2) is 5.13 Å². The fraction of sp³-hybridized carbons (Fsp3) is 0.636. The lowest BCUT2D eigenvalue weighted by molar-refractivity contribution is -0.122. The van der Waals surface area contributed by atoms with E-state index in [0.717, 1.165) is 24.8 Å². The quantitative estimate of drug-likeness (QED) is 0.825. The normalized spacial score (nSPS) is 20.5. The number of thiazole rings is 1. The van der Waals surface area contributed by atoms with E-state index in [1.165, 1.54) is 4.88 Å². The zero-order valence-electron chi connectivity index (χ0n) is 10.2. The lowest BCUT2D eigenvalue weighted by Gasteiger charge is -2.32. The van der Waals surface area contributed by atoms with E-state index in [1.807, 2.05) is 13.1 Å². The van der Waals surface area contributed by atoms with Crippen LogP contribution >= 0.6 is 11.3 Å². The number of amides is 1. The number of rotatable bonds is 4. The summed E-state index contributed by atoms with van der Waals surface area (Å²) in [6.45, 7) is 7.34. The molecule has 0 aromatic carbocycles. The zero-order valence-corrected chi connectivity index (χ0v) is 11.0. The number of piperazine rings is 1. The summed E-state index contributed by atoms with van der Waals surface area (Å²) < 4.78 is 0. The smallest absolute Gasteiger partial charge is 0.242 e. The van der Waals surface area contributed by atoms with E-state index in [4.69, 9.17) is 0 Å². The van der Waals surface area contributed by atoms with E-state index in [1.54, 1.807) is 11.3 Å². The van der Waals surface area contributed by atoms with Gasteiger partial charge in [-0.1, -0.05) is 6.92 Å². The molecule has 0 spiro atoms. The molecule has 17 heavy (non-hydrogen) atoms. The number of nitrogens with one attached hydrogen (secondary N) is 2. The molecule has 1 aromatic heterocycles. The number of carbonyl (C=O) groups is 1. The Labute approximate surface area is 105 Å². The van der Waals surface area contributed by atoms with Gasteiger partial charge in [-0.3, -0.25) is 4.79 Å². The highest BCUT2D eigenvalue weighted by Gasteiger charge is 2.27. The Morgan fingerprint density at radius 2 is 2.53 bits per heavy atom. The molecule has 0 bridgehead atoms. The van der Waals surface area contributed by atoms with Crippen molar-refractivity contribution >= 4 is 22.4 Å². The van der Waals surface area contributed by atoms with Crippen LogP contribution in [0.5, 0.6) is 0 Å². The van der Waals surface area contributed by atoms with Crippen molar-refractivity contribution in [2.75, 3.05) is 24.5 Å². The van der Waals surface area contributed by atoms with Crippen LogP contribution in [0.3, 0.4) is 0 Å². The van der Waals surface area contributed by atoms with Crippen molar-refractivity contribution in [3.8, 4) is 0 Å². The van der Waals surface area contributed by atoms with Gasteiger partial charge in [-0.2, -0.15) is 0 Å². The van der Waals surface area contributed by atoms with Crippen LogP contribution < -0.4 is 15.5 Å². The maximum atomic E-state index is 11.6. The molecular weight excluding hydrogens is 236 g/mol. The Morgan fingerprint density at radius 3 is 3.29 bits per heavy atom. The monoisotopic (exact) mass is 254 g/mol. The van der Waals surface area contributed by atoms with Crippen molar-refractivity contribution in [2.24, 2.45) is 0 Å². The van der Waals surface area contributed by atoms with E-state index in [0.29, 0.717) is 6.54 Å². The van der Waals surface area contributed by atoms with Crippen LogP contribution in [-0.2, 0) is 11.3 Å². The fourth-order valence-electron chi connectivity index (χ4n) is 1.80. The Bertz CT molecular complexity index is 393. The summed E-state index contributed by atoms with van der Waals surface area (Å²) in [5, 5.41) is 7.07. The van der Waals surface area contributed by atoms with Crippen molar-refractivity contribution in [1.29, 1.82) is 0 Å². The second kappa shape index (κ2) is 5.46. The summed E-state index contributed by atoms with van der Waals surface area (Å²) in [6.07, 6.45) is 1.89. The molecule has 1 amide bonds. The van der Waals surface area contributed by atoms with Crippen molar-refractivity contribution in [1.82, 2.24) is 15.6 Å². The first-order valence-corrected chi connectivity index (χ1v) is 6.73. The first kappa shape index (κ1) is 12.3. The number of nitrogens with zero attached hydrogens (tertiary/aromatic N) is 2. The zero-order chi connectivity index (χ0) is 12.3. The maximum absolute atomic E-state index is 11.6. The average Bonchev–Trinajstić information content (AvgIpc) is 2.78. The minimum atomic E-state index is -0.123. The molecule has 94 valence electrons. The largest absolute Gasteiger partial charge is 0.353 e. The van der Waals surface area contributed by atoms with Gasteiger partial charge >= 0.3 is 0 Å². The average molecular weight is 254 g/mol. The van der Waals surface area contributed by atoms with Crippen LogP contribution in [0, 0.1) is 0 Å². The van der Waals surface area contributed by atoms with Gasteiger partial charge in [0.05, 0.1) is 0 Å². The standard InChI is InChI=1S/C11H18N4OS/c1-3-12-6-9-7-14-11(17-9)15-5-4-13-10(16)8(15)2/h7-8,12H,3-6H2,1-2H3,(H,13,16). The van der Waals surface area contributed by atoms with E-state index in [-0.39, 0.29) is 11.9 Å². The van der Waals surface area contributed by atoms with Gasteiger partial charge in [0.25, 0.3) is 0 Å². The fourth-order valence-corrected chi connectivity index (χ4v) is 2.79. The molecule has 1 fully saturated rings. The van der Waals surface area contributed by atoms with Gasteiger partial charge in [0.1, 0.15) is 6.04 Å². The first-order chi connectivity index (χ1) is 8.22. The third-order valence-electron chi connectivity index (χ3n) is 2.84. The summed E-state index contributed by atoms with van der Waals surface area (Å²) in [7, 11) is 0. The van der Waals surface area contributed by atoms with Crippen LogP contribution in [0.4, 0.5) is 5.13 Å². The lowest BCUT2D eigenvalue weighted by atomic mass is 10.2. The molecule has 5 nitrogen and oxygen atoms in total. The Balaban J connectivity index is 2.05. The molecule has 0 aliphatic carbocycles. The maximum Gasteiger partial charge on any atom is 0.242 e. The summed E-state index contributed by atoms with van der Waals surface area (Å²) in [5.41, 5.74) is 0. The summed E-state index contributed by atoms with van der Waals surface area (Å²) in [5.74, 6) is 0.0830. The molecule has 2 rings (SSSR count). The van der Waals surface area contributed by atoms with E-state index in [2.05, 4.69) is 27.4 Å². The second-order valence-corrected chi connectivity index (χ2v) is 5.14. The summed E-state index contributed by atoms with van der Waals surface area (Å²) in [6, 6.07) is -0.123. The number of anilines is 1. The molecule has 1 aliphatic rings. The summed E-state index contributed by atoms with van der Waals surface area (Å²) >= 11 is 1.66. The third-order valence-corrected chi connectivity index (χ3v) is 3.87. The van der Waals surface area contributed by atoms with Gasteiger partial charge in [0, 0.05) is 30.7 Å². The number of carbonyl (C=O) groups excluding carboxylic acids is 1. The van der Waals surface area contributed by atoms with E-state index >= 15 is 0 Å². The molecule has 2 N–H and O–H groups in total. The van der Waals surface area contributed by atoms with Gasteiger partial charge in [0.2, 0.25) is 5.91 Å². The lowest BCUT2D eigenvalue weighted by Crippen LogP contribution is -2.54. The van der Waals surface area contributed by atoms with Gasteiger partial charge in [-0.15, -0.1) is 11.3 Å². The molecule has 1 aromatic rings. The topological polar surface area (TPSA) is 57.3 Å². The predicted molar refractivity (Wildman–Crippen MR) is 69.3 cm³/mol. The molecule has 1 unspecified atom stereocenters. The highest BCUT2D eigenvalue weighted by Crippen LogP contribution is 2.25. The summed E-state index contributed by atoms with van der Waals surface area (Å²) in [4.78, 5) is 19.2. The number of aromatic nitrogens is 1. The van der Waals surface area contributed by atoms with Gasteiger partial charge < -0.3 is 15.5 Å². The van der Waals surface area contributed by atoms with Crippen LogP contribution in [-0.4, -0.2) is 36.6 Å². The molecule has 1 aliphatic heterocycles. The van der Waals surface area contributed by atoms with Crippen LogP contribution in [0.1, 0.15) is 18.7 Å². The number of hydrogen-bond donors (Lipinski definition) is 2. The highest BCUT2D eigenvalue weighted by atomic mass is 32.1. The Morgan fingerprint density at radius 1 is 1.71 bits per heavy atom. The molecular formula is C11H18N4OS. The van der Waals surface area contributed by atoms with Crippen molar-refractivity contribution < 1.29 is 4.79 Å². The minimum absolute atomic E-state index is 0.0830. The van der Waals surface area contributed by atoms with Crippen LogP contribution in [0.2, 0.25) is 0 Å². The Kier molecular flexibility index (Phi) is 3.96.